The number of tetrazole rings is 1. The largest absolute Gasteiger partial charge is 0.462 e. The number of hydrogen-bond acceptors (Lipinski definition) is 6. The molecule has 3 rings (SSSR count). The minimum absolute atomic E-state index is 0.153. The van der Waals surface area contributed by atoms with E-state index in [-0.39, 0.29) is 11.5 Å². The van der Waals surface area contributed by atoms with Crippen LogP contribution in [0.15, 0.2) is 24.3 Å². The first kappa shape index (κ1) is 20.5. The zero-order valence-electron chi connectivity index (χ0n) is 17.4. The average Bonchev–Trinajstić information content (AvgIpc) is 3.21. The van der Waals surface area contributed by atoms with E-state index in [9.17, 15) is 4.79 Å². The van der Waals surface area contributed by atoms with Crippen molar-refractivity contribution in [2.24, 2.45) is 5.92 Å². The minimum Gasteiger partial charge on any atom is -0.462 e. The van der Waals surface area contributed by atoms with Crippen LogP contribution in [0.2, 0.25) is 0 Å². The van der Waals surface area contributed by atoms with Crippen LogP contribution in [0.4, 0.5) is 0 Å². The summed E-state index contributed by atoms with van der Waals surface area (Å²) in [6.45, 7) is 10.8. The number of esters is 1. The number of hydrogen-bond donors (Lipinski definition) is 0. The standard InChI is InChI=1S/C21H31N5O2/c1-5-25(6-2)21(14-12-16(4)13-15-21)20-22-23-24-26(20)18-10-8-17(9-11-18)19(27)28-7-3/h8-11,16H,5-7,12-15H2,1-4H3. The Hall–Kier alpha value is -2.28. The molecule has 1 fully saturated rings. The lowest BCUT2D eigenvalue weighted by atomic mass is 9.75. The second-order valence-electron chi connectivity index (χ2n) is 7.57. The van der Waals surface area contributed by atoms with E-state index in [1.165, 1.54) is 12.8 Å². The maximum atomic E-state index is 11.9. The quantitative estimate of drug-likeness (QED) is 0.678. The van der Waals surface area contributed by atoms with Gasteiger partial charge >= 0.3 is 5.97 Å². The summed E-state index contributed by atoms with van der Waals surface area (Å²) in [6.07, 6.45) is 4.45. The van der Waals surface area contributed by atoms with E-state index in [2.05, 4.69) is 41.2 Å². The minimum atomic E-state index is -0.313. The highest BCUT2D eigenvalue weighted by Gasteiger charge is 2.44. The highest BCUT2D eigenvalue weighted by atomic mass is 16.5. The Morgan fingerprint density at radius 1 is 1.18 bits per heavy atom. The van der Waals surface area contributed by atoms with Crippen molar-refractivity contribution in [1.29, 1.82) is 0 Å². The monoisotopic (exact) mass is 385 g/mol. The van der Waals surface area contributed by atoms with Crippen molar-refractivity contribution in [2.75, 3.05) is 19.7 Å². The normalized spacial score (nSPS) is 22.4. The fraction of sp³-hybridized carbons (Fsp3) is 0.619. The molecule has 1 aromatic heterocycles. The average molecular weight is 386 g/mol. The van der Waals surface area contributed by atoms with Gasteiger partial charge in [-0.3, -0.25) is 4.90 Å². The van der Waals surface area contributed by atoms with Gasteiger partial charge in [0.2, 0.25) is 0 Å². The Balaban J connectivity index is 1.98. The van der Waals surface area contributed by atoms with Gasteiger partial charge in [0.05, 0.1) is 23.4 Å². The molecule has 152 valence electrons. The van der Waals surface area contributed by atoms with Crippen LogP contribution >= 0.6 is 0 Å². The number of benzene rings is 1. The Morgan fingerprint density at radius 2 is 1.82 bits per heavy atom. The van der Waals surface area contributed by atoms with Gasteiger partial charge in [-0.05, 0) is 86.3 Å². The molecule has 1 aliphatic rings. The zero-order valence-corrected chi connectivity index (χ0v) is 17.4. The summed E-state index contributed by atoms with van der Waals surface area (Å²) in [5.41, 5.74) is 1.24. The number of carbonyl (C=O) groups excluding carboxylic acids is 1. The summed E-state index contributed by atoms with van der Waals surface area (Å²) in [6, 6.07) is 7.30. The predicted molar refractivity (Wildman–Crippen MR) is 107 cm³/mol. The first-order valence-electron chi connectivity index (χ1n) is 10.4. The number of aromatic nitrogens is 4. The maximum absolute atomic E-state index is 11.9. The van der Waals surface area contributed by atoms with Crippen LogP contribution in [0.1, 0.15) is 69.6 Å². The van der Waals surface area contributed by atoms with Gasteiger partial charge in [0.15, 0.2) is 5.82 Å². The SMILES string of the molecule is CCOC(=O)c1ccc(-n2nnnc2C2(N(CC)CC)CCC(C)CC2)cc1. The fourth-order valence-corrected chi connectivity index (χ4v) is 4.35. The van der Waals surface area contributed by atoms with E-state index in [1.807, 2.05) is 16.8 Å². The lowest BCUT2D eigenvalue weighted by Crippen LogP contribution is -2.50. The molecule has 0 saturated heterocycles. The van der Waals surface area contributed by atoms with Gasteiger partial charge in [0.1, 0.15) is 0 Å². The number of carbonyl (C=O) groups is 1. The lowest BCUT2D eigenvalue weighted by Gasteiger charge is -2.46. The zero-order chi connectivity index (χ0) is 20.1. The molecule has 1 heterocycles. The van der Waals surface area contributed by atoms with Crippen LogP contribution in [0.3, 0.4) is 0 Å². The maximum Gasteiger partial charge on any atom is 0.338 e. The van der Waals surface area contributed by atoms with E-state index in [0.717, 1.165) is 43.4 Å². The molecular formula is C21H31N5O2. The summed E-state index contributed by atoms with van der Waals surface area (Å²) in [4.78, 5) is 14.4. The summed E-state index contributed by atoms with van der Waals surface area (Å²) >= 11 is 0. The third-order valence-electron chi connectivity index (χ3n) is 5.98. The molecule has 0 amide bonds. The first-order chi connectivity index (χ1) is 13.6. The Kier molecular flexibility index (Phi) is 6.44. The van der Waals surface area contributed by atoms with Crippen LogP contribution in [-0.2, 0) is 10.3 Å². The van der Waals surface area contributed by atoms with Gasteiger partial charge in [-0.15, -0.1) is 5.10 Å². The van der Waals surface area contributed by atoms with Crippen molar-refractivity contribution in [3.63, 3.8) is 0 Å². The summed E-state index contributed by atoms with van der Waals surface area (Å²) in [7, 11) is 0. The third-order valence-corrected chi connectivity index (χ3v) is 5.98. The van der Waals surface area contributed by atoms with Gasteiger partial charge in [-0.25, -0.2) is 4.79 Å². The van der Waals surface area contributed by atoms with Crippen molar-refractivity contribution in [2.45, 2.75) is 58.9 Å². The molecule has 1 aliphatic carbocycles. The van der Waals surface area contributed by atoms with E-state index in [0.29, 0.717) is 12.2 Å². The third kappa shape index (κ3) is 3.81. The predicted octanol–water partition coefficient (Wildman–Crippen LogP) is 3.59. The second-order valence-corrected chi connectivity index (χ2v) is 7.57. The molecule has 0 aliphatic heterocycles. The van der Waals surface area contributed by atoms with Gasteiger partial charge < -0.3 is 4.74 Å². The molecule has 0 spiro atoms. The summed E-state index contributed by atoms with van der Waals surface area (Å²) in [5.74, 6) is 1.32. The number of nitrogens with zero attached hydrogens (tertiary/aromatic N) is 5. The Morgan fingerprint density at radius 3 is 2.39 bits per heavy atom. The lowest BCUT2D eigenvalue weighted by molar-refractivity contribution is 0.0336. The van der Waals surface area contributed by atoms with Gasteiger partial charge in [-0.2, -0.15) is 4.68 Å². The Labute approximate surface area is 167 Å². The Bertz CT molecular complexity index is 774. The van der Waals surface area contributed by atoms with Crippen LogP contribution in [0, 0.1) is 5.92 Å². The van der Waals surface area contributed by atoms with Crippen LogP contribution in [-0.4, -0.2) is 50.8 Å². The van der Waals surface area contributed by atoms with Crippen molar-refractivity contribution in [3.05, 3.63) is 35.7 Å². The van der Waals surface area contributed by atoms with E-state index < -0.39 is 0 Å². The molecular weight excluding hydrogens is 354 g/mol. The molecule has 7 heteroatoms. The van der Waals surface area contributed by atoms with Crippen LogP contribution in [0.25, 0.3) is 5.69 Å². The summed E-state index contributed by atoms with van der Waals surface area (Å²) < 4.78 is 6.91. The molecule has 1 aromatic carbocycles. The smallest absolute Gasteiger partial charge is 0.338 e. The number of ether oxygens (including phenoxy) is 1. The molecule has 0 N–H and O–H groups in total. The van der Waals surface area contributed by atoms with E-state index in [1.54, 1.807) is 19.1 Å². The van der Waals surface area contributed by atoms with Crippen molar-refractivity contribution >= 4 is 5.97 Å². The van der Waals surface area contributed by atoms with E-state index >= 15 is 0 Å². The molecule has 2 aromatic rings. The molecule has 28 heavy (non-hydrogen) atoms. The second kappa shape index (κ2) is 8.82. The highest BCUT2D eigenvalue weighted by molar-refractivity contribution is 5.89. The fourth-order valence-electron chi connectivity index (χ4n) is 4.35. The topological polar surface area (TPSA) is 73.1 Å². The molecule has 0 atom stereocenters. The van der Waals surface area contributed by atoms with E-state index in [4.69, 9.17) is 4.74 Å². The van der Waals surface area contributed by atoms with Crippen molar-refractivity contribution < 1.29 is 9.53 Å². The molecule has 0 radical (unpaired) electrons. The highest BCUT2D eigenvalue weighted by Crippen LogP contribution is 2.43. The summed E-state index contributed by atoms with van der Waals surface area (Å²) in [5, 5.41) is 12.8. The van der Waals surface area contributed by atoms with Crippen LogP contribution in [0.5, 0.6) is 0 Å². The first-order valence-corrected chi connectivity index (χ1v) is 10.4. The number of rotatable bonds is 7. The molecule has 0 bridgehead atoms. The van der Waals surface area contributed by atoms with Gasteiger partial charge in [0.25, 0.3) is 0 Å². The van der Waals surface area contributed by atoms with Gasteiger partial charge in [-0.1, -0.05) is 20.8 Å². The molecule has 7 nitrogen and oxygen atoms in total. The van der Waals surface area contributed by atoms with Crippen LogP contribution < -0.4 is 0 Å². The van der Waals surface area contributed by atoms with Crippen molar-refractivity contribution in [3.8, 4) is 5.69 Å². The molecule has 1 saturated carbocycles. The van der Waals surface area contributed by atoms with Gasteiger partial charge in [0, 0.05) is 0 Å². The molecule has 0 unspecified atom stereocenters. The van der Waals surface area contributed by atoms with Crippen molar-refractivity contribution in [1.82, 2.24) is 25.1 Å².